The van der Waals surface area contributed by atoms with Crippen molar-refractivity contribution in [2.24, 2.45) is 0 Å². The number of benzene rings is 2. The molecule has 22 heavy (non-hydrogen) atoms. The molecule has 3 aromatic rings. The van der Waals surface area contributed by atoms with E-state index < -0.39 is 0 Å². The van der Waals surface area contributed by atoms with Crippen LogP contribution in [0.4, 0.5) is 10.1 Å². The highest BCUT2D eigenvalue weighted by Crippen LogP contribution is 2.28. The van der Waals surface area contributed by atoms with Crippen LogP contribution in [0.3, 0.4) is 0 Å². The number of hydrogen-bond acceptors (Lipinski definition) is 3. The normalized spacial score (nSPS) is 10.8. The van der Waals surface area contributed by atoms with E-state index in [0.717, 1.165) is 16.5 Å². The Balaban J connectivity index is 1.98. The summed E-state index contributed by atoms with van der Waals surface area (Å²) in [6.07, 6.45) is 0.0498. The van der Waals surface area contributed by atoms with Crippen LogP contribution in [0.2, 0.25) is 0 Å². The number of fused-ring (bicyclic) bond motifs is 1. The number of carbonyl (C=O) groups is 1. The van der Waals surface area contributed by atoms with Crippen molar-refractivity contribution in [3.63, 3.8) is 0 Å². The molecule has 5 nitrogen and oxygen atoms in total. The lowest BCUT2D eigenvalue weighted by molar-refractivity contribution is -0.116. The van der Waals surface area contributed by atoms with E-state index in [0.29, 0.717) is 11.4 Å². The molecule has 2 aromatic carbocycles. The number of anilines is 1. The van der Waals surface area contributed by atoms with Crippen LogP contribution in [0.15, 0.2) is 42.5 Å². The average molecular weight is 299 g/mol. The van der Waals surface area contributed by atoms with Crippen molar-refractivity contribution in [3.05, 3.63) is 48.3 Å². The Bertz CT molecular complexity index is 812. The van der Waals surface area contributed by atoms with Crippen LogP contribution < -0.4 is 5.32 Å². The molecule has 1 aromatic heterocycles. The number of rotatable bonds is 4. The van der Waals surface area contributed by atoms with Crippen LogP contribution in [0.5, 0.6) is 0 Å². The van der Waals surface area contributed by atoms with Gasteiger partial charge < -0.3 is 10.4 Å². The molecule has 0 unspecified atom stereocenters. The fourth-order valence-corrected chi connectivity index (χ4v) is 2.24. The summed E-state index contributed by atoms with van der Waals surface area (Å²) >= 11 is 0. The van der Waals surface area contributed by atoms with E-state index in [2.05, 4.69) is 15.5 Å². The van der Waals surface area contributed by atoms with Gasteiger partial charge in [-0.3, -0.25) is 9.89 Å². The van der Waals surface area contributed by atoms with Crippen LogP contribution in [-0.4, -0.2) is 27.8 Å². The van der Waals surface area contributed by atoms with Crippen LogP contribution >= 0.6 is 0 Å². The Hall–Kier alpha value is -2.73. The molecule has 0 atom stereocenters. The highest BCUT2D eigenvalue weighted by Gasteiger charge is 2.10. The van der Waals surface area contributed by atoms with Crippen molar-refractivity contribution in [3.8, 4) is 11.3 Å². The number of nitrogens with one attached hydrogen (secondary N) is 2. The van der Waals surface area contributed by atoms with Gasteiger partial charge in [0.1, 0.15) is 5.82 Å². The topological polar surface area (TPSA) is 78.0 Å². The smallest absolute Gasteiger partial charge is 0.226 e. The zero-order valence-corrected chi connectivity index (χ0v) is 11.6. The van der Waals surface area contributed by atoms with E-state index in [1.807, 2.05) is 6.07 Å². The van der Waals surface area contributed by atoms with Crippen LogP contribution in [-0.2, 0) is 4.79 Å². The number of H-pyrrole nitrogens is 1. The third-order valence-corrected chi connectivity index (χ3v) is 3.30. The SMILES string of the molecule is O=C(CCO)Nc1ccc2[nH]nc(-c3ccc(F)cc3)c2c1. The molecule has 112 valence electrons. The third kappa shape index (κ3) is 2.82. The number of aromatic nitrogens is 2. The lowest BCUT2D eigenvalue weighted by atomic mass is 10.1. The van der Waals surface area contributed by atoms with Crippen LogP contribution in [0.1, 0.15) is 6.42 Å². The van der Waals surface area contributed by atoms with Gasteiger partial charge in [0.15, 0.2) is 0 Å². The van der Waals surface area contributed by atoms with Gasteiger partial charge in [0.05, 0.1) is 24.2 Å². The number of aliphatic hydroxyl groups is 1. The van der Waals surface area contributed by atoms with Gasteiger partial charge in [-0.05, 0) is 42.5 Å². The zero-order chi connectivity index (χ0) is 15.5. The number of aromatic amines is 1. The Morgan fingerprint density at radius 2 is 2.00 bits per heavy atom. The third-order valence-electron chi connectivity index (χ3n) is 3.30. The largest absolute Gasteiger partial charge is 0.396 e. The highest BCUT2D eigenvalue weighted by atomic mass is 19.1. The summed E-state index contributed by atoms with van der Waals surface area (Å²) in [5.74, 6) is -0.561. The molecule has 0 fully saturated rings. The number of halogens is 1. The molecule has 0 aliphatic heterocycles. The van der Waals surface area contributed by atoms with Gasteiger partial charge in [0, 0.05) is 16.6 Å². The summed E-state index contributed by atoms with van der Waals surface area (Å²) in [6, 6.07) is 11.4. The average Bonchev–Trinajstić information content (AvgIpc) is 2.91. The Labute approximate surface area is 125 Å². The molecule has 3 rings (SSSR count). The molecular formula is C16H14FN3O2. The first-order chi connectivity index (χ1) is 10.7. The predicted octanol–water partition coefficient (Wildman–Crippen LogP) is 2.69. The molecule has 0 radical (unpaired) electrons. The first-order valence-corrected chi connectivity index (χ1v) is 6.82. The first kappa shape index (κ1) is 14.2. The summed E-state index contributed by atoms with van der Waals surface area (Å²) in [5, 5.41) is 19.5. The second-order valence-corrected chi connectivity index (χ2v) is 4.86. The van der Waals surface area contributed by atoms with Gasteiger partial charge in [-0.2, -0.15) is 5.10 Å². The van der Waals surface area contributed by atoms with Crippen molar-refractivity contribution in [1.29, 1.82) is 0 Å². The maximum atomic E-state index is 13.0. The molecule has 6 heteroatoms. The van der Waals surface area contributed by atoms with Crippen LogP contribution in [0, 0.1) is 5.82 Å². The lowest BCUT2D eigenvalue weighted by Gasteiger charge is -2.04. The molecule has 1 heterocycles. The van der Waals surface area contributed by atoms with Gasteiger partial charge in [-0.25, -0.2) is 4.39 Å². The number of nitrogens with zero attached hydrogens (tertiary/aromatic N) is 1. The molecule has 0 aliphatic rings. The minimum absolute atomic E-state index is 0.0498. The van der Waals surface area contributed by atoms with Gasteiger partial charge in [0.2, 0.25) is 5.91 Å². The van der Waals surface area contributed by atoms with Crippen molar-refractivity contribution in [2.75, 3.05) is 11.9 Å². The van der Waals surface area contributed by atoms with Gasteiger partial charge in [-0.1, -0.05) is 0 Å². The summed E-state index contributed by atoms with van der Waals surface area (Å²) in [4.78, 5) is 11.5. The Morgan fingerprint density at radius 1 is 1.23 bits per heavy atom. The molecular weight excluding hydrogens is 285 g/mol. The molecule has 1 amide bonds. The molecule has 0 saturated carbocycles. The maximum absolute atomic E-state index is 13.0. The molecule has 0 bridgehead atoms. The van der Waals surface area contributed by atoms with Crippen LogP contribution in [0.25, 0.3) is 22.2 Å². The van der Waals surface area contributed by atoms with E-state index >= 15 is 0 Å². The maximum Gasteiger partial charge on any atom is 0.226 e. The fourth-order valence-electron chi connectivity index (χ4n) is 2.24. The first-order valence-electron chi connectivity index (χ1n) is 6.82. The fraction of sp³-hybridized carbons (Fsp3) is 0.125. The monoisotopic (exact) mass is 299 g/mol. The second-order valence-electron chi connectivity index (χ2n) is 4.86. The molecule has 0 saturated heterocycles. The summed E-state index contributed by atoms with van der Waals surface area (Å²) in [6.45, 7) is -0.194. The second kappa shape index (κ2) is 5.95. The standard InChI is InChI=1S/C16H14FN3O2/c17-11-3-1-10(2-4-11)16-13-9-12(18-15(22)7-8-21)5-6-14(13)19-20-16/h1-6,9,21H,7-8H2,(H,18,22)(H,19,20). The minimum atomic E-state index is -0.305. The summed E-state index contributed by atoms with van der Waals surface area (Å²) in [7, 11) is 0. The van der Waals surface area contributed by atoms with Crippen molar-refractivity contribution < 1.29 is 14.3 Å². The number of hydrogen-bond donors (Lipinski definition) is 3. The van der Waals surface area contributed by atoms with E-state index in [4.69, 9.17) is 5.11 Å². The van der Waals surface area contributed by atoms with Crippen molar-refractivity contribution >= 4 is 22.5 Å². The van der Waals surface area contributed by atoms with E-state index in [1.54, 1.807) is 24.3 Å². The van der Waals surface area contributed by atoms with Gasteiger partial charge >= 0.3 is 0 Å². The zero-order valence-electron chi connectivity index (χ0n) is 11.6. The van der Waals surface area contributed by atoms with Gasteiger partial charge in [0.25, 0.3) is 0 Å². The van der Waals surface area contributed by atoms with Crippen molar-refractivity contribution in [2.45, 2.75) is 6.42 Å². The van der Waals surface area contributed by atoms with Crippen molar-refractivity contribution in [1.82, 2.24) is 10.2 Å². The molecule has 0 spiro atoms. The van der Waals surface area contributed by atoms with E-state index in [9.17, 15) is 9.18 Å². The summed E-state index contributed by atoms with van der Waals surface area (Å²) < 4.78 is 13.0. The molecule has 3 N–H and O–H groups in total. The number of carbonyl (C=O) groups excluding carboxylic acids is 1. The van der Waals surface area contributed by atoms with Gasteiger partial charge in [-0.15, -0.1) is 0 Å². The minimum Gasteiger partial charge on any atom is -0.396 e. The number of amides is 1. The Morgan fingerprint density at radius 3 is 2.73 bits per heavy atom. The molecule has 0 aliphatic carbocycles. The predicted molar refractivity (Wildman–Crippen MR) is 81.8 cm³/mol. The number of aliphatic hydroxyl groups excluding tert-OH is 1. The highest BCUT2D eigenvalue weighted by molar-refractivity contribution is 5.98. The lowest BCUT2D eigenvalue weighted by Crippen LogP contribution is -2.12. The summed E-state index contributed by atoms with van der Waals surface area (Å²) in [5.41, 5.74) is 2.91. The van der Waals surface area contributed by atoms with E-state index in [-0.39, 0.29) is 24.8 Å². The Kier molecular flexibility index (Phi) is 3.84. The quantitative estimate of drug-likeness (QED) is 0.693. The van der Waals surface area contributed by atoms with E-state index in [1.165, 1.54) is 12.1 Å².